The number of carbonyl (C=O) groups is 1. The summed E-state index contributed by atoms with van der Waals surface area (Å²) in [5.74, 6) is 0.0518. The molecule has 0 saturated heterocycles. The molecule has 0 bridgehead atoms. The van der Waals surface area contributed by atoms with Crippen LogP contribution in [-0.2, 0) is 4.79 Å². The Labute approximate surface area is 114 Å². The average Bonchev–Trinajstić information content (AvgIpc) is 2.38. The maximum absolute atomic E-state index is 10.6. The molecule has 0 aliphatic heterocycles. The van der Waals surface area contributed by atoms with E-state index in [0.29, 0.717) is 26.2 Å². The lowest BCUT2D eigenvalue weighted by atomic mass is 10.2. The van der Waals surface area contributed by atoms with Crippen LogP contribution in [0.3, 0.4) is 0 Å². The molecule has 1 rings (SSSR count). The molecular formula is C15H21NO3. The molecule has 1 aromatic carbocycles. The van der Waals surface area contributed by atoms with Gasteiger partial charge < -0.3 is 9.84 Å². The van der Waals surface area contributed by atoms with Crippen molar-refractivity contribution in [1.29, 1.82) is 0 Å². The largest absolute Gasteiger partial charge is 0.492 e. The Balaban J connectivity index is 2.32. The van der Waals surface area contributed by atoms with Gasteiger partial charge in [-0.3, -0.25) is 9.69 Å². The Bertz CT molecular complexity index is 400. The van der Waals surface area contributed by atoms with Crippen LogP contribution in [0.15, 0.2) is 36.9 Å². The highest BCUT2D eigenvalue weighted by Crippen LogP contribution is 2.11. The van der Waals surface area contributed by atoms with Gasteiger partial charge in [-0.25, -0.2) is 0 Å². The summed E-state index contributed by atoms with van der Waals surface area (Å²) >= 11 is 0. The Kier molecular flexibility index (Phi) is 6.68. The van der Waals surface area contributed by atoms with E-state index in [-0.39, 0.29) is 6.42 Å². The highest BCUT2D eigenvalue weighted by Gasteiger charge is 2.06. The minimum absolute atomic E-state index is 0.137. The number of benzene rings is 1. The van der Waals surface area contributed by atoms with Crippen molar-refractivity contribution >= 4 is 5.97 Å². The number of rotatable bonds is 9. The number of aliphatic carboxylic acids is 1. The summed E-state index contributed by atoms with van der Waals surface area (Å²) in [6.45, 7) is 8.11. The number of hydrogen-bond acceptors (Lipinski definition) is 3. The predicted molar refractivity (Wildman–Crippen MR) is 75.6 cm³/mol. The molecular weight excluding hydrogens is 242 g/mol. The number of carboxylic acids is 1. The molecule has 0 saturated carbocycles. The molecule has 0 aliphatic carbocycles. The number of nitrogens with zero attached hydrogens (tertiary/aromatic N) is 1. The van der Waals surface area contributed by atoms with Crippen molar-refractivity contribution in [3.8, 4) is 5.75 Å². The molecule has 0 radical (unpaired) electrons. The fourth-order valence-corrected chi connectivity index (χ4v) is 1.66. The van der Waals surface area contributed by atoms with Gasteiger partial charge in [0, 0.05) is 19.6 Å². The van der Waals surface area contributed by atoms with E-state index in [9.17, 15) is 4.79 Å². The van der Waals surface area contributed by atoms with E-state index in [1.54, 1.807) is 6.08 Å². The van der Waals surface area contributed by atoms with Gasteiger partial charge in [0.15, 0.2) is 0 Å². The molecule has 4 heteroatoms. The Morgan fingerprint density at radius 2 is 2.05 bits per heavy atom. The molecule has 0 unspecified atom stereocenters. The van der Waals surface area contributed by atoms with Gasteiger partial charge in [0.05, 0.1) is 6.42 Å². The lowest BCUT2D eigenvalue weighted by Crippen LogP contribution is -2.30. The summed E-state index contributed by atoms with van der Waals surface area (Å²) in [5.41, 5.74) is 1.20. The maximum atomic E-state index is 10.6. The number of carboxylic acid groups (broad SMARTS) is 1. The van der Waals surface area contributed by atoms with Crippen LogP contribution in [0.5, 0.6) is 5.75 Å². The molecule has 104 valence electrons. The van der Waals surface area contributed by atoms with Crippen LogP contribution in [0.1, 0.15) is 12.0 Å². The third-order valence-corrected chi connectivity index (χ3v) is 2.73. The summed E-state index contributed by atoms with van der Waals surface area (Å²) in [4.78, 5) is 12.6. The fourth-order valence-electron chi connectivity index (χ4n) is 1.66. The SMILES string of the molecule is C=CCN(CCOc1ccc(C)cc1)CCC(=O)O. The summed E-state index contributed by atoms with van der Waals surface area (Å²) < 4.78 is 5.62. The molecule has 0 aliphatic rings. The summed E-state index contributed by atoms with van der Waals surface area (Å²) in [6, 6.07) is 7.87. The third kappa shape index (κ3) is 6.62. The lowest BCUT2D eigenvalue weighted by molar-refractivity contribution is -0.137. The molecule has 0 fully saturated rings. The fraction of sp³-hybridized carbons (Fsp3) is 0.400. The van der Waals surface area contributed by atoms with Crippen LogP contribution in [0, 0.1) is 6.92 Å². The minimum atomic E-state index is -0.784. The smallest absolute Gasteiger partial charge is 0.304 e. The van der Waals surface area contributed by atoms with Crippen molar-refractivity contribution in [3.05, 3.63) is 42.5 Å². The van der Waals surface area contributed by atoms with E-state index in [1.165, 1.54) is 5.56 Å². The second-order valence-corrected chi connectivity index (χ2v) is 4.39. The van der Waals surface area contributed by atoms with Gasteiger partial charge in [0.2, 0.25) is 0 Å². The second kappa shape index (κ2) is 8.32. The molecule has 0 heterocycles. The zero-order chi connectivity index (χ0) is 14.1. The van der Waals surface area contributed by atoms with Crippen molar-refractivity contribution in [2.24, 2.45) is 0 Å². The standard InChI is InChI=1S/C15H21NO3/c1-3-9-16(10-8-15(17)18)11-12-19-14-6-4-13(2)5-7-14/h3-7H,1,8-12H2,2H3,(H,17,18). The van der Waals surface area contributed by atoms with Gasteiger partial charge in [0.1, 0.15) is 12.4 Å². The molecule has 0 amide bonds. The Hall–Kier alpha value is -1.81. The summed E-state index contributed by atoms with van der Waals surface area (Å²) in [5, 5.41) is 8.68. The number of hydrogen-bond donors (Lipinski definition) is 1. The summed E-state index contributed by atoms with van der Waals surface area (Å²) in [7, 11) is 0. The van der Waals surface area contributed by atoms with Gasteiger partial charge in [0.25, 0.3) is 0 Å². The monoisotopic (exact) mass is 263 g/mol. The predicted octanol–water partition coefficient (Wildman–Crippen LogP) is 2.34. The van der Waals surface area contributed by atoms with Gasteiger partial charge in [-0.15, -0.1) is 6.58 Å². The van der Waals surface area contributed by atoms with E-state index in [1.807, 2.05) is 36.1 Å². The lowest BCUT2D eigenvalue weighted by Gasteiger charge is -2.19. The quantitative estimate of drug-likeness (QED) is 0.695. The first-order valence-corrected chi connectivity index (χ1v) is 6.36. The minimum Gasteiger partial charge on any atom is -0.492 e. The van der Waals surface area contributed by atoms with Crippen LogP contribution >= 0.6 is 0 Å². The zero-order valence-corrected chi connectivity index (χ0v) is 11.3. The first kappa shape index (κ1) is 15.2. The molecule has 4 nitrogen and oxygen atoms in total. The van der Waals surface area contributed by atoms with Gasteiger partial charge in [-0.2, -0.15) is 0 Å². The van der Waals surface area contributed by atoms with Crippen LogP contribution in [0.2, 0.25) is 0 Å². The first-order valence-electron chi connectivity index (χ1n) is 6.36. The molecule has 1 aromatic rings. The summed E-state index contributed by atoms with van der Waals surface area (Å²) in [6.07, 6.45) is 1.91. The van der Waals surface area contributed by atoms with Gasteiger partial charge >= 0.3 is 5.97 Å². The van der Waals surface area contributed by atoms with Crippen molar-refractivity contribution in [3.63, 3.8) is 0 Å². The maximum Gasteiger partial charge on any atom is 0.304 e. The Morgan fingerprint density at radius 1 is 1.37 bits per heavy atom. The second-order valence-electron chi connectivity index (χ2n) is 4.39. The van der Waals surface area contributed by atoms with Crippen LogP contribution in [0.25, 0.3) is 0 Å². The van der Waals surface area contributed by atoms with Crippen LogP contribution in [0.4, 0.5) is 0 Å². The van der Waals surface area contributed by atoms with Crippen molar-refractivity contribution in [2.45, 2.75) is 13.3 Å². The highest BCUT2D eigenvalue weighted by molar-refractivity contribution is 5.66. The van der Waals surface area contributed by atoms with E-state index >= 15 is 0 Å². The van der Waals surface area contributed by atoms with Crippen LogP contribution in [-0.4, -0.2) is 42.2 Å². The first-order chi connectivity index (χ1) is 9.11. The van der Waals surface area contributed by atoms with Crippen LogP contribution < -0.4 is 4.74 Å². The topological polar surface area (TPSA) is 49.8 Å². The van der Waals surface area contributed by atoms with Crippen molar-refractivity contribution < 1.29 is 14.6 Å². The van der Waals surface area contributed by atoms with Gasteiger partial charge in [-0.1, -0.05) is 23.8 Å². The molecule has 19 heavy (non-hydrogen) atoms. The van der Waals surface area contributed by atoms with E-state index in [2.05, 4.69) is 6.58 Å². The molecule has 0 spiro atoms. The number of ether oxygens (including phenoxy) is 1. The normalized spacial score (nSPS) is 10.4. The molecule has 0 aromatic heterocycles. The molecule has 1 N–H and O–H groups in total. The van der Waals surface area contributed by atoms with E-state index in [4.69, 9.17) is 9.84 Å². The number of aryl methyl sites for hydroxylation is 1. The van der Waals surface area contributed by atoms with Crippen molar-refractivity contribution in [1.82, 2.24) is 4.90 Å². The average molecular weight is 263 g/mol. The third-order valence-electron chi connectivity index (χ3n) is 2.73. The van der Waals surface area contributed by atoms with Gasteiger partial charge in [-0.05, 0) is 19.1 Å². The van der Waals surface area contributed by atoms with E-state index < -0.39 is 5.97 Å². The molecule has 0 atom stereocenters. The highest BCUT2D eigenvalue weighted by atomic mass is 16.5. The van der Waals surface area contributed by atoms with Crippen molar-refractivity contribution in [2.75, 3.05) is 26.2 Å². The van der Waals surface area contributed by atoms with E-state index in [0.717, 1.165) is 5.75 Å². The Morgan fingerprint density at radius 3 is 2.63 bits per heavy atom. The zero-order valence-electron chi connectivity index (χ0n) is 11.3.